The summed E-state index contributed by atoms with van der Waals surface area (Å²) in [6.07, 6.45) is 1.67. The van der Waals surface area contributed by atoms with E-state index in [2.05, 4.69) is 10.2 Å². The van der Waals surface area contributed by atoms with Crippen LogP contribution < -0.4 is 5.32 Å². The fourth-order valence-corrected chi connectivity index (χ4v) is 4.51. The lowest BCUT2D eigenvalue weighted by Crippen LogP contribution is -2.50. The molecule has 0 spiro atoms. The highest BCUT2D eigenvalue weighted by Gasteiger charge is 2.28. The molecule has 0 unspecified atom stereocenters. The zero-order chi connectivity index (χ0) is 19.2. The van der Waals surface area contributed by atoms with Gasteiger partial charge in [0.2, 0.25) is 15.9 Å². The smallest absolute Gasteiger partial charge is 0.243 e. The predicted molar refractivity (Wildman–Crippen MR) is 98.7 cm³/mol. The molecule has 6 nitrogen and oxygen atoms in total. The molecule has 146 valence electrons. The Bertz CT molecular complexity index is 682. The summed E-state index contributed by atoms with van der Waals surface area (Å²) in [4.78, 5) is 14.2. The van der Waals surface area contributed by atoms with Gasteiger partial charge in [-0.05, 0) is 37.1 Å². The van der Waals surface area contributed by atoms with E-state index < -0.39 is 15.8 Å². The van der Waals surface area contributed by atoms with Crippen molar-refractivity contribution >= 4 is 15.9 Å². The van der Waals surface area contributed by atoms with Crippen LogP contribution in [0.2, 0.25) is 0 Å². The quantitative estimate of drug-likeness (QED) is 0.739. The van der Waals surface area contributed by atoms with Crippen molar-refractivity contribution in [2.45, 2.75) is 31.6 Å². The molecule has 1 amide bonds. The molecule has 26 heavy (non-hydrogen) atoms. The number of nitrogens with one attached hydrogen (secondary N) is 1. The minimum atomic E-state index is -3.58. The molecule has 0 radical (unpaired) electrons. The second-order valence-electron chi connectivity index (χ2n) is 6.50. The topological polar surface area (TPSA) is 69.7 Å². The lowest BCUT2D eigenvalue weighted by molar-refractivity contribution is -0.125. The summed E-state index contributed by atoms with van der Waals surface area (Å²) in [6, 6.07) is 4.91. The number of rotatable bonds is 8. The molecule has 0 aliphatic carbocycles. The van der Waals surface area contributed by atoms with Crippen molar-refractivity contribution in [2.75, 3.05) is 39.3 Å². The van der Waals surface area contributed by atoms with Crippen molar-refractivity contribution < 1.29 is 17.6 Å². The molecular weight excluding hydrogens is 357 g/mol. The van der Waals surface area contributed by atoms with Crippen LogP contribution in [0.25, 0.3) is 0 Å². The van der Waals surface area contributed by atoms with E-state index in [-0.39, 0.29) is 16.7 Å². The van der Waals surface area contributed by atoms with Gasteiger partial charge in [0.1, 0.15) is 5.82 Å². The summed E-state index contributed by atoms with van der Waals surface area (Å²) in [5, 5.41) is 2.96. The van der Waals surface area contributed by atoms with Crippen molar-refractivity contribution in [3.05, 3.63) is 30.1 Å². The normalized spacial score (nSPS) is 16.8. The Balaban J connectivity index is 1.80. The molecule has 1 fully saturated rings. The second kappa shape index (κ2) is 9.43. The third-order valence-electron chi connectivity index (χ3n) is 4.87. The molecule has 8 heteroatoms. The number of carbonyl (C=O) groups is 1. The predicted octanol–water partition coefficient (Wildman–Crippen LogP) is 1.68. The number of nitrogens with zero attached hydrogens (tertiary/aromatic N) is 2. The summed E-state index contributed by atoms with van der Waals surface area (Å²) in [7, 11) is -3.58. The minimum absolute atomic E-state index is 0.0627. The Kier molecular flexibility index (Phi) is 7.55. The zero-order valence-corrected chi connectivity index (χ0v) is 16.3. The maximum atomic E-state index is 13.0. The first-order valence-electron chi connectivity index (χ1n) is 9.14. The maximum Gasteiger partial charge on any atom is 0.243 e. The van der Waals surface area contributed by atoms with Crippen molar-refractivity contribution in [1.29, 1.82) is 0 Å². The third kappa shape index (κ3) is 5.25. The van der Waals surface area contributed by atoms with Crippen LogP contribution in [0.15, 0.2) is 29.2 Å². The van der Waals surface area contributed by atoms with Gasteiger partial charge in [0.05, 0.1) is 4.90 Å². The van der Waals surface area contributed by atoms with E-state index in [4.69, 9.17) is 0 Å². The minimum Gasteiger partial charge on any atom is -0.355 e. The second-order valence-corrected chi connectivity index (χ2v) is 8.44. The van der Waals surface area contributed by atoms with Gasteiger partial charge < -0.3 is 5.32 Å². The summed E-state index contributed by atoms with van der Waals surface area (Å²) in [6.45, 7) is 7.29. The molecule has 1 saturated heterocycles. The van der Waals surface area contributed by atoms with Gasteiger partial charge in [-0.25, -0.2) is 12.8 Å². The molecule has 1 N–H and O–H groups in total. The van der Waals surface area contributed by atoms with Crippen LogP contribution in [0.5, 0.6) is 0 Å². The van der Waals surface area contributed by atoms with Crippen LogP contribution in [0, 0.1) is 11.7 Å². The van der Waals surface area contributed by atoms with Crippen LogP contribution in [0.3, 0.4) is 0 Å². The molecule has 0 saturated carbocycles. The molecule has 1 aromatic carbocycles. The number of piperazine rings is 1. The summed E-state index contributed by atoms with van der Waals surface area (Å²) in [5.41, 5.74) is 0. The number of benzene rings is 1. The van der Waals surface area contributed by atoms with E-state index in [1.807, 2.05) is 13.8 Å². The van der Waals surface area contributed by atoms with Crippen molar-refractivity contribution in [3.8, 4) is 0 Å². The number of hydrogen-bond acceptors (Lipinski definition) is 4. The first-order valence-corrected chi connectivity index (χ1v) is 10.6. The molecule has 2 rings (SSSR count). The molecule has 0 aromatic heterocycles. The molecule has 1 aliphatic heterocycles. The average molecular weight is 386 g/mol. The number of sulfonamides is 1. The van der Waals surface area contributed by atoms with Crippen LogP contribution in [-0.4, -0.2) is 62.8 Å². The lowest BCUT2D eigenvalue weighted by atomic mass is 10.0. The number of hydrogen-bond donors (Lipinski definition) is 1. The summed E-state index contributed by atoms with van der Waals surface area (Å²) < 4.78 is 39.6. The van der Waals surface area contributed by atoms with Gasteiger partial charge in [0.15, 0.2) is 0 Å². The Morgan fingerprint density at radius 3 is 2.23 bits per heavy atom. The largest absolute Gasteiger partial charge is 0.355 e. The Morgan fingerprint density at radius 2 is 1.69 bits per heavy atom. The molecule has 1 aromatic rings. The van der Waals surface area contributed by atoms with E-state index in [0.29, 0.717) is 39.3 Å². The Hall–Kier alpha value is -1.51. The van der Waals surface area contributed by atoms with E-state index in [1.54, 1.807) is 0 Å². The first kappa shape index (κ1) is 20.8. The average Bonchev–Trinajstić information content (AvgIpc) is 2.63. The lowest BCUT2D eigenvalue weighted by Gasteiger charge is -2.34. The highest BCUT2D eigenvalue weighted by Crippen LogP contribution is 2.18. The molecule has 1 heterocycles. The van der Waals surface area contributed by atoms with Gasteiger partial charge in [-0.15, -0.1) is 0 Å². The fraction of sp³-hybridized carbons (Fsp3) is 0.611. The van der Waals surface area contributed by atoms with Crippen molar-refractivity contribution in [2.24, 2.45) is 5.92 Å². The SMILES string of the molecule is CCC(CC)C(=O)NCCN1CCN(S(=O)(=O)c2ccc(F)cc2)CC1. The Labute approximate surface area is 155 Å². The van der Waals surface area contributed by atoms with E-state index >= 15 is 0 Å². The molecule has 0 atom stereocenters. The van der Waals surface area contributed by atoms with Crippen LogP contribution in [-0.2, 0) is 14.8 Å². The monoisotopic (exact) mass is 385 g/mol. The van der Waals surface area contributed by atoms with Crippen LogP contribution in [0.4, 0.5) is 4.39 Å². The van der Waals surface area contributed by atoms with E-state index in [9.17, 15) is 17.6 Å². The van der Waals surface area contributed by atoms with Crippen LogP contribution in [0.1, 0.15) is 26.7 Å². The van der Waals surface area contributed by atoms with Crippen molar-refractivity contribution in [3.63, 3.8) is 0 Å². The summed E-state index contributed by atoms with van der Waals surface area (Å²) in [5.74, 6) is -0.301. The highest BCUT2D eigenvalue weighted by atomic mass is 32.2. The first-order chi connectivity index (χ1) is 12.4. The van der Waals surface area contributed by atoms with Gasteiger partial charge in [-0.1, -0.05) is 13.8 Å². The van der Waals surface area contributed by atoms with E-state index in [1.165, 1.54) is 16.4 Å². The van der Waals surface area contributed by atoms with Gasteiger partial charge in [-0.3, -0.25) is 9.69 Å². The Morgan fingerprint density at radius 1 is 1.12 bits per heavy atom. The molecule has 1 aliphatic rings. The highest BCUT2D eigenvalue weighted by molar-refractivity contribution is 7.89. The zero-order valence-electron chi connectivity index (χ0n) is 15.4. The van der Waals surface area contributed by atoms with Gasteiger partial charge in [-0.2, -0.15) is 4.31 Å². The summed E-state index contributed by atoms with van der Waals surface area (Å²) >= 11 is 0. The maximum absolute atomic E-state index is 13.0. The number of halogens is 1. The number of carbonyl (C=O) groups excluding carboxylic acids is 1. The number of amides is 1. The van der Waals surface area contributed by atoms with Crippen LogP contribution >= 0.6 is 0 Å². The fourth-order valence-electron chi connectivity index (χ4n) is 3.09. The molecule has 0 bridgehead atoms. The third-order valence-corrected chi connectivity index (χ3v) is 6.78. The standard InChI is InChI=1S/C18H28FN3O3S/c1-3-15(4-2)18(23)20-9-10-21-11-13-22(14-12-21)26(24,25)17-7-5-16(19)6-8-17/h5-8,15H,3-4,9-14H2,1-2H3,(H,20,23). The van der Waals surface area contributed by atoms with Gasteiger partial charge in [0.25, 0.3) is 0 Å². The molecular formula is C18H28FN3O3S. The van der Waals surface area contributed by atoms with Crippen molar-refractivity contribution in [1.82, 2.24) is 14.5 Å². The van der Waals surface area contributed by atoms with Gasteiger partial charge >= 0.3 is 0 Å². The van der Waals surface area contributed by atoms with E-state index in [0.717, 1.165) is 25.0 Å². The van der Waals surface area contributed by atoms with Gasteiger partial charge in [0, 0.05) is 45.2 Å².